The van der Waals surface area contributed by atoms with Gasteiger partial charge >= 0.3 is 0 Å². The molecule has 3 aromatic carbocycles. The summed E-state index contributed by atoms with van der Waals surface area (Å²) in [5.74, 6) is 0. The minimum atomic E-state index is -2.23. The summed E-state index contributed by atoms with van der Waals surface area (Å²) in [4.78, 5) is 0. The zero-order valence-corrected chi connectivity index (χ0v) is 23.9. The van der Waals surface area contributed by atoms with Gasteiger partial charge in [0.05, 0.1) is 17.2 Å². The van der Waals surface area contributed by atoms with Gasteiger partial charge in [0.2, 0.25) is 5.69 Å². The maximum absolute atomic E-state index is 10.2. The number of benzene rings is 3. The van der Waals surface area contributed by atoms with Gasteiger partial charge in [-0.2, -0.15) is 5.26 Å². The molecule has 3 heteroatoms. The molecule has 0 radical (unpaired) electrons. The van der Waals surface area contributed by atoms with E-state index in [0.29, 0.717) is 16.7 Å². The molecule has 1 aliphatic rings. The third kappa shape index (κ3) is 4.05. The molecular weight excluding hydrogens is 476 g/mol. The number of nitriles is 1. The van der Waals surface area contributed by atoms with Gasteiger partial charge in [-0.15, -0.1) is 0 Å². The summed E-state index contributed by atoms with van der Waals surface area (Å²) in [6, 6.07) is 19.0. The lowest BCUT2D eigenvalue weighted by molar-refractivity contribution is -0.660. The van der Waals surface area contributed by atoms with Crippen molar-refractivity contribution in [3.8, 4) is 28.5 Å². The van der Waals surface area contributed by atoms with E-state index in [9.17, 15) is 5.26 Å². The SMILES string of the molecule is [2H]C([2H])([2H])c1c[n+](C)c(-c2c(C)ccc3c2oc2c(-c4ccc5c(c4)CC(C)(C)C5)c(C#N)ccc23)cc1C(C)(C)C. The van der Waals surface area contributed by atoms with Gasteiger partial charge in [0.1, 0.15) is 18.2 Å². The first-order valence-electron chi connectivity index (χ1n) is 15.2. The second-order valence-electron chi connectivity index (χ2n) is 13.1. The van der Waals surface area contributed by atoms with Crippen molar-refractivity contribution in [1.82, 2.24) is 0 Å². The van der Waals surface area contributed by atoms with Crippen LogP contribution in [0.25, 0.3) is 44.3 Å². The van der Waals surface area contributed by atoms with E-state index in [1.54, 1.807) is 6.20 Å². The average molecular weight is 517 g/mol. The Hall–Kier alpha value is -3.90. The van der Waals surface area contributed by atoms with Crippen molar-refractivity contribution >= 4 is 21.9 Å². The number of nitrogens with zero attached hydrogens (tertiary/aromatic N) is 2. The van der Waals surface area contributed by atoms with E-state index in [-0.39, 0.29) is 10.8 Å². The summed E-state index contributed by atoms with van der Waals surface area (Å²) in [5.41, 5.74) is 10.4. The highest BCUT2D eigenvalue weighted by atomic mass is 16.3. The molecule has 6 rings (SSSR count). The summed E-state index contributed by atoms with van der Waals surface area (Å²) in [5, 5.41) is 12.1. The van der Waals surface area contributed by atoms with E-state index in [4.69, 9.17) is 8.53 Å². The smallest absolute Gasteiger partial charge is 0.216 e. The van der Waals surface area contributed by atoms with Crippen LogP contribution in [0.3, 0.4) is 0 Å². The number of hydrogen-bond donors (Lipinski definition) is 0. The fourth-order valence-electron chi connectivity index (χ4n) is 6.43. The summed E-state index contributed by atoms with van der Waals surface area (Å²) in [6.07, 6.45) is 3.81. The first-order chi connectivity index (χ1) is 19.6. The average Bonchev–Trinajstić information content (AvgIpc) is 3.41. The molecule has 3 nitrogen and oxygen atoms in total. The van der Waals surface area contributed by atoms with Crippen LogP contribution < -0.4 is 4.57 Å². The monoisotopic (exact) mass is 516 g/mol. The van der Waals surface area contributed by atoms with Crippen LogP contribution in [0.5, 0.6) is 0 Å². The van der Waals surface area contributed by atoms with Crippen LogP contribution in [0.4, 0.5) is 0 Å². The van der Waals surface area contributed by atoms with Crippen molar-refractivity contribution in [2.24, 2.45) is 12.5 Å². The molecule has 0 aliphatic heterocycles. The van der Waals surface area contributed by atoms with E-state index in [1.807, 2.05) is 50.6 Å². The summed E-state index contributed by atoms with van der Waals surface area (Å²) in [6.45, 7) is 10.6. The molecule has 0 N–H and O–H groups in total. The Labute approximate surface area is 235 Å². The molecule has 0 atom stereocenters. The zero-order valence-electron chi connectivity index (χ0n) is 26.9. The highest BCUT2D eigenvalue weighted by Gasteiger charge is 2.30. The van der Waals surface area contributed by atoms with Crippen molar-refractivity contribution in [2.45, 2.75) is 66.7 Å². The molecule has 2 heterocycles. The molecule has 0 unspecified atom stereocenters. The number of furan rings is 1. The minimum absolute atomic E-state index is 0.230. The largest absolute Gasteiger partial charge is 0.454 e. The normalized spacial score (nSPS) is 16.1. The Morgan fingerprint density at radius 3 is 2.31 bits per heavy atom. The van der Waals surface area contributed by atoms with Gasteiger partial charge in [-0.1, -0.05) is 65.0 Å². The topological polar surface area (TPSA) is 40.8 Å². The Morgan fingerprint density at radius 2 is 1.62 bits per heavy atom. The molecule has 196 valence electrons. The van der Waals surface area contributed by atoms with Crippen molar-refractivity contribution in [1.29, 1.82) is 5.26 Å². The standard InChI is InChI=1S/C36H37N2O/c1-21-9-13-27-28-14-12-25(19-37)32(23-10-11-24-17-36(6,7)18-26(24)15-23)34(28)39-33(27)31(21)30-16-29(35(3,4)5)22(2)20-38(30)8/h9-16,20H,17-18H2,1-8H3/q+1/i2D3. The Bertz CT molecular complexity index is 1960. The lowest BCUT2D eigenvalue weighted by Gasteiger charge is -2.21. The number of fused-ring (bicyclic) bond motifs is 4. The van der Waals surface area contributed by atoms with Gasteiger partial charge in [0.15, 0.2) is 6.20 Å². The van der Waals surface area contributed by atoms with Crippen LogP contribution in [-0.2, 0) is 25.3 Å². The maximum atomic E-state index is 10.2. The minimum Gasteiger partial charge on any atom is -0.454 e. The van der Waals surface area contributed by atoms with Crippen LogP contribution in [-0.4, -0.2) is 0 Å². The molecule has 0 saturated heterocycles. The quantitative estimate of drug-likeness (QED) is 0.220. The van der Waals surface area contributed by atoms with Crippen LogP contribution in [0.2, 0.25) is 0 Å². The Morgan fingerprint density at radius 1 is 0.923 bits per heavy atom. The van der Waals surface area contributed by atoms with Crippen LogP contribution >= 0.6 is 0 Å². The maximum Gasteiger partial charge on any atom is 0.216 e. The number of pyridine rings is 1. The molecule has 0 spiro atoms. The predicted octanol–water partition coefficient (Wildman–Crippen LogP) is 8.66. The van der Waals surface area contributed by atoms with Crippen molar-refractivity contribution < 1.29 is 13.1 Å². The van der Waals surface area contributed by atoms with Gasteiger partial charge in [-0.25, -0.2) is 4.57 Å². The van der Waals surface area contributed by atoms with Crippen molar-refractivity contribution in [3.05, 3.63) is 88.1 Å². The molecule has 2 aromatic heterocycles. The number of aryl methyl sites for hydroxylation is 3. The molecule has 1 aliphatic carbocycles. The fourth-order valence-corrected chi connectivity index (χ4v) is 6.43. The highest BCUT2D eigenvalue weighted by Crippen LogP contribution is 2.44. The lowest BCUT2D eigenvalue weighted by atomic mass is 9.83. The molecule has 0 bridgehead atoms. The van der Waals surface area contributed by atoms with Gasteiger partial charge in [0, 0.05) is 32.1 Å². The van der Waals surface area contributed by atoms with E-state index < -0.39 is 6.85 Å². The number of hydrogen-bond acceptors (Lipinski definition) is 2. The van der Waals surface area contributed by atoms with E-state index >= 15 is 0 Å². The second kappa shape index (κ2) is 8.55. The number of aromatic nitrogens is 1. The summed E-state index contributed by atoms with van der Waals surface area (Å²) >= 11 is 0. The van der Waals surface area contributed by atoms with Gasteiger partial charge in [-0.05, 0) is 77.4 Å². The van der Waals surface area contributed by atoms with Crippen LogP contribution in [0, 0.1) is 30.5 Å². The second-order valence-corrected chi connectivity index (χ2v) is 13.1. The number of rotatable bonds is 2. The van der Waals surface area contributed by atoms with E-state index in [2.05, 4.69) is 57.2 Å². The van der Waals surface area contributed by atoms with Gasteiger partial charge < -0.3 is 4.42 Å². The Balaban J connectivity index is 1.65. The lowest BCUT2D eigenvalue weighted by Crippen LogP contribution is -2.33. The molecule has 39 heavy (non-hydrogen) atoms. The fraction of sp³-hybridized carbons (Fsp3) is 0.333. The van der Waals surface area contributed by atoms with E-state index in [1.165, 1.54) is 11.1 Å². The third-order valence-electron chi connectivity index (χ3n) is 8.31. The van der Waals surface area contributed by atoms with Crippen molar-refractivity contribution in [3.63, 3.8) is 0 Å². The molecular formula is C36H37N2O+. The van der Waals surface area contributed by atoms with E-state index in [0.717, 1.165) is 62.7 Å². The molecule has 5 aromatic rings. The van der Waals surface area contributed by atoms with Crippen LogP contribution in [0.15, 0.2) is 59.1 Å². The summed E-state index contributed by atoms with van der Waals surface area (Å²) in [7, 11) is 1.89. The van der Waals surface area contributed by atoms with Gasteiger partial charge in [-0.3, -0.25) is 0 Å². The molecule has 0 fully saturated rings. The zero-order chi connectivity index (χ0) is 30.4. The Kier molecular flexibility index (Phi) is 4.82. The van der Waals surface area contributed by atoms with Crippen LogP contribution in [0.1, 0.15) is 72.1 Å². The third-order valence-corrected chi connectivity index (χ3v) is 8.31. The first-order valence-corrected chi connectivity index (χ1v) is 13.7. The predicted molar refractivity (Wildman–Crippen MR) is 160 cm³/mol. The van der Waals surface area contributed by atoms with Crippen molar-refractivity contribution in [2.75, 3.05) is 0 Å². The first kappa shape index (κ1) is 22.0. The molecule has 0 amide bonds. The van der Waals surface area contributed by atoms with Gasteiger partial charge in [0.25, 0.3) is 0 Å². The summed E-state index contributed by atoms with van der Waals surface area (Å²) < 4.78 is 33.3. The molecule has 0 saturated carbocycles. The highest BCUT2D eigenvalue weighted by molar-refractivity contribution is 6.14.